The number of nitrogens with zero attached hydrogens (tertiary/aromatic N) is 5. The Bertz CT molecular complexity index is 1290. The summed E-state index contributed by atoms with van der Waals surface area (Å²) >= 11 is 0. The average Bonchev–Trinajstić information content (AvgIpc) is 3.15. The fourth-order valence-electron chi connectivity index (χ4n) is 3.51. The van der Waals surface area contributed by atoms with Gasteiger partial charge in [0.2, 0.25) is 5.82 Å². The van der Waals surface area contributed by atoms with Gasteiger partial charge in [-0.15, -0.1) is 0 Å². The van der Waals surface area contributed by atoms with E-state index in [1.54, 1.807) is 12.3 Å². The monoisotopic (exact) mass is 421 g/mol. The van der Waals surface area contributed by atoms with Crippen molar-refractivity contribution in [1.29, 1.82) is 0 Å². The van der Waals surface area contributed by atoms with Gasteiger partial charge in [-0.2, -0.15) is 9.49 Å². The summed E-state index contributed by atoms with van der Waals surface area (Å²) in [6, 6.07) is 12.0. The van der Waals surface area contributed by atoms with Crippen LogP contribution in [-0.4, -0.2) is 31.8 Å². The van der Waals surface area contributed by atoms with Crippen LogP contribution in [0.15, 0.2) is 48.7 Å². The van der Waals surface area contributed by atoms with Gasteiger partial charge in [0, 0.05) is 41.7 Å². The maximum absolute atomic E-state index is 13.9. The van der Waals surface area contributed by atoms with Crippen LogP contribution in [-0.2, 0) is 6.42 Å². The molecule has 2 aromatic carbocycles. The minimum absolute atomic E-state index is 0.140. The van der Waals surface area contributed by atoms with Crippen LogP contribution in [0.1, 0.15) is 31.3 Å². The lowest BCUT2D eigenvalue weighted by Gasteiger charge is -2.09. The Morgan fingerprint density at radius 3 is 2.71 bits per heavy atom. The number of rotatable bonds is 6. The Hall–Kier alpha value is -3.88. The predicted molar refractivity (Wildman–Crippen MR) is 114 cm³/mol. The zero-order valence-corrected chi connectivity index (χ0v) is 17.2. The van der Waals surface area contributed by atoms with Crippen molar-refractivity contribution in [2.45, 2.75) is 26.3 Å². The fraction of sp³-hybridized carbons (Fsp3) is 0.227. The molecule has 158 valence electrons. The average molecular weight is 421 g/mol. The van der Waals surface area contributed by atoms with Gasteiger partial charge in [0.05, 0.1) is 23.2 Å². The van der Waals surface area contributed by atoms with Crippen molar-refractivity contribution in [3.05, 3.63) is 76.0 Å². The van der Waals surface area contributed by atoms with E-state index in [1.165, 1.54) is 7.11 Å². The second-order valence-corrected chi connectivity index (χ2v) is 7.31. The van der Waals surface area contributed by atoms with E-state index in [0.29, 0.717) is 17.1 Å². The van der Waals surface area contributed by atoms with E-state index in [2.05, 4.69) is 23.8 Å². The molecule has 0 saturated heterocycles. The zero-order valence-electron chi connectivity index (χ0n) is 17.2. The smallest absolute Gasteiger partial charge is 0.305 e. The van der Waals surface area contributed by atoms with Gasteiger partial charge in [0.15, 0.2) is 0 Å². The molecule has 9 heteroatoms. The van der Waals surface area contributed by atoms with E-state index in [0.717, 1.165) is 28.7 Å². The van der Waals surface area contributed by atoms with Gasteiger partial charge >= 0.3 is 5.69 Å². The lowest BCUT2D eigenvalue weighted by Crippen LogP contribution is -2.04. The summed E-state index contributed by atoms with van der Waals surface area (Å²) in [7, 11) is 1.38. The summed E-state index contributed by atoms with van der Waals surface area (Å²) in [6.45, 7) is 4.12. The highest BCUT2D eigenvalue weighted by Crippen LogP contribution is 2.31. The topological polar surface area (TPSA) is 96.0 Å². The quantitative estimate of drug-likeness (QED) is 0.330. The molecule has 0 spiro atoms. The SMILES string of the molecule is COc1cc(F)c([N+](=O)[O-])cc1Cc1nccc(-c2nn(C(C)C)c3ccccc23)n1. The number of benzene rings is 2. The van der Waals surface area contributed by atoms with Crippen LogP contribution in [0.3, 0.4) is 0 Å². The number of aromatic nitrogens is 4. The van der Waals surface area contributed by atoms with Gasteiger partial charge < -0.3 is 4.74 Å². The first-order valence-corrected chi connectivity index (χ1v) is 9.69. The van der Waals surface area contributed by atoms with E-state index in [9.17, 15) is 14.5 Å². The summed E-state index contributed by atoms with van der Waals surface area (Å²) in [6.07, 6.45) is 1.76. The fourth-order valence-corrected chi connectivity index (χ4v) is 3.51. The van der Waals surface area contributed by atoms with Crippen molar-refractivity contribution in [1.82, 2.24) is 19.7 Å². The third-order valence-electron chi connectivity index (χ3n) is 4.95. The molecule has 2 heterocycles. The second-order valence-electron chi connectivity index (χ2n) is 7.31. The molecule has 0 aliphatic carbocycles. The third-order valence-corrected chi connectivity index (χ3v) is 4.95. The van der Waals surface area contributed by atoms with Crippen LogP contribution >= 0.6 is 0 Å². The van der Waals surface area contributed by atoms with E-state index in [4.69, 9.17) is 9.84 Å². The lowest BCUT2D eigenvalue weighted by molar-refractivity contribution is -0.387. The molecular weight excluding hydrogens is 401 g/mol. The molecule has 4 rings (SSSR count). The molecule has 8 nitrogen and oxygen atoms in total. The number of para-hydroxylation sites is 1. The number of hydrogen-bond donors (Lipinski definition) is 0. The summed E-state index contributed by atoms with van der Waals surface area (Å²) in [5.41, 5.74) is 2.17. The van der Waals surface area contributed by atoms with E-state index in [1.807, 2.05) is 28.9 Å². The van der Waals surface area contributed by atoms with Gasteiger partial charge in [-0.1, -0.05) is 18.2 Å². The molecule has 0 aliphatic rings. The van der Waals surface area contributed by atoms with Crippen LogP contribution in [0, 0.1) is 15.9 Å². The van der Waals surface area contributed by atoms with E-state index < -0.39 is 16.4 Å². The second kappa shape index (κ2) is 8.10. The number of nitro benzene ring substituents is 1. The Morgan fingerprint density at radius 2 is 2.00 bits per heavy atom. The maximum Gasteiger partial charge on any atom is 0.305 e. The number of halogens is 1. The van der Waals surface area contributed by atoms with Gasteiger partial charge in [-0.05, 0) is 26.0 Å². The van der Waals surface area contributed by atoms with E-state index in [-0.39, 0.29) is 18.2 Å². The van der Waals surface area contributed by atoms with Crippen molar-refractivity contribution in [3.8, 4) is 17.1 Å². The van der Waals surface area contributed by atoms with Gasteiger partial charge in [-0.25, -0.2) is 9.97 Å². The molecule has 0 N–H and O–H groups in total. The van der Waals surface area contributed by atoms with Gasteiger partial charge in [0.25, 0.3) is 0 Å². The highest BCUT2D eigenvalue weighted by Gasteiger charge is 2.20. The van der Waals surface area contributed by atoms with Gasteiger partial charge in [0.1, 0.15) is 17.3 Å². The molecule has 31 heavy (non-hydrogen) atoms. The summed E-state index contributed by atoms with van der Waals surface area (Å²) in [4.78, 5) is 19.3. The number of hydrogen-bond acceptors (Lipinski definition) is 6. The predicted octanol–water partition coefficient (Wildman–Crippen LogP) is 4.72. The number of ether oxygens (including phenoxy) is 1. The Balaban J connectivity index is 1.77. The first kappa shape index (κ1) is 20.4. The van der Waals surface area contributed by atoms with Crippen molar-refractivity contribution in [2.24, 2.45) is 0 Å². The molecule has 0 radical (unpaired) electrons. The molecule has 0 aliphatic heterocycles. The molecule has 0 amide bonds. The minimum atomic E-state index is -0.953. The molecule has 0 saturated carbocycles. The first-order valence-electron chi connectivity index (χ1n) is 9.69. The van der Waals surface area contributed by atoms with Crippen molar-refractivity contribution in [3.63, 3.8) is 0 Å². The highest BCUT2D eigenvalue weighted by atomic mass is 19.1. The summed E-state index contributed by atoms with van der Waals surface area (Å²) in [5, 5.41) is 16.9. The standard InChI is InChI=1S/C22H20FN5O3/c1-13(2)27-18-7-5-4-6-15(18)22(26-27)17-8-9-24-21(25-17)11-14-10-19(28(29)30)16(23)12-20(14)31-3/h4-10,12-13H,11H2,1-3H3. The molecule has 0 bridgehead atoms. The van der Waals surface area contributed by atoms with E-state index >= 15 is 0 Å². The maximum atomic E-state index is 13.9. The zero-order chi connectivity index (χ0) is 22.1. The van der Waals surface area contributed by atoms with Crippen molar-refractivity contribution in [2.75, 3.05) is 7.11 Å². The lowest BCUT2D eigenvalue weighted by atomic mass is 10.1. The summed E-state index contributed by atoms with van der Waals surface area (Å²) < 4.78 is 21.1. The minimum Gasteiger partial charge on any atom is -0.496 e. The Labute approximate surface area is 177 Å². The van der Waals surface area contributed by atoms with Crippen LogP contribution in [0.25, 0.3) is 22.3 Å². The summed E-state index contributed by atoms with van der Waals surface area (Å²) in [5.74, 6) is -0.336. The first-order chi connectivity index (χ1) is 14.9. The van der Waals surface area contributed by atoms with Gasteiger partial charge in [-0.3, -0.25) is 14.8 Å². The molecule has 0 fully saturated rings. The Morgan fingerprint density at radius 1 is 1.23 bits per heavy atom. The van der Waals surface area contributed by atoms with Crippen LogP contribution in [0.4, 0.5) is 10.1 Å². The Kier molecular flexibility index (Phi) is 5.33. The molecule has 4 aromatic rings. The van der Waals surface area contributed by atoms with Crippen LogP contribution in [0.2, 0.25) is 0 Å². The number of fused-ring (bicyclic) bond motifs is 1. The molecule has 0 atom stereocenters. The van der Waals surface area contributed by atoms with Crippen LogP contribution < -0.4 is 4.74 Å². The number of methoxy groups -OCH3 is 1. The number of nitro groups is 1. The van der Waals surface area contributed by atoms with Crippen molar-refractivity contribution < 1.29 is 14.1 Å². The third kappa shape index (κ3) is 3.81. The molecule has 0 unspecified atom stereocenters. The largest absolute Gasteiger partial charge is 0.496 e. The highest BCUT2D eigenvalue weighted by molar-refractivity contribution is 5.92. The molecule has 2 aromatic heterocycles. The normalized spacial score (nSPS) is 11.3. The van der Waals surface area contributed by atoms with Crippen molar-refractivity contribution >= 4 is 16.6 Å². The molecular formula is C22H20FN5O3. The van der Waals surface area contributed by atoms with Crippen LogP contribution in [0.5, 0.6) is 5.75 Å².